The van der Waals surface area contributed by atoms with E-state index in [1.165, 1.54) is 25.3 Å². The van der Waals surface area contributed by atoms with Gasteiger partial charge >= 0.3 is 5.97 Å². The Balaban J connectivity index is 1.53. The van der Waals surface area contributed by atoms with Crippen LogP contribution in [0, 0.1) is 10.1 Å². The van der Waals surface area contributed by atoms with Gasteiger partial charge in [0.2, 0.25) is 11.9 Å². The number of aliphatic imine (C=N–C) groups is 2. The molecule has 1 aliphatic carbocycles. The standard InChI is InChI=1S/C23H27N7O4/c1-34-20(31)18-13-17(30(32)33)9-10-19(18)26-14-15-5-7-16(8-6-15)29-22(25)27-21(24)28-23(29)11-3-2-4-12-23/h5-10,13,26H,2-4,11-12,14H2,1H3,(H4,24,25,27,28). The lowest BCUT2D eigenvalue weighted by Crippen LogP contribution is -2.58. The molecule has 2 aliphatic rings. The molecule has 0 aromatic heterocycles. The number of esters is 1. The van der Waals surface area contributed by atoms with Crippen molar-refractivity contribution in [2.45, 2.75) is 44.3 Å². The Kier molecular flexibility index (Phi) is 6.35. The summed E-state index contributed by atoms with van der Waals surface area (Å²) in [4.78, 5) is 33.5. The number of nitrogens with zero attached hydrogens (tertiary/aromatic N) is 4. The number of carbonyl (C=O) groups is 1. The molecule has 1 aliphatic heterocycles. The number of hydrogen-bond donors (Lipinski definition) is 3. The first kappa shape index (κ1) is 23.0. The molecule has 0 amide bonds. The molecule has 11 nitrogen and oxygen atoms in total. The number of nitro benzene ring substituents is 1. The van der Waals surface area contributed by atoms with Gasteiger partial charge in [-0.3, -0.25) is 15.0 Å². The quantitative estimate of drug-likeness (QED) is 0.333. The summed E-state index contributed by atoms with van der Waals surface area (Å²) in [7, 11) is 1.23. The van der Waals surface area contributed by atoms with Crippen molar-refractivity contribution >= 4 is 35.0 Å². The molecule has 34 heavy (non-hydrogen) atoms. The molecule has 4 rings (SSSR count). The van der Waals surface area contributed by atoms with Crippen LogP contribution in [0.1, 0.15) is 48.0 Å². The average molecular weight is 466 g/mol. The third-order valence-corrected chi connectivity index (χ3v) is 6.15. The fraction of sp³-hybridized carbons (Fsp3) is 0.348. The van der Waals surface area contributed by atoms with Crippen LogP contribution in [0.3, 0.4) is 0 Å². The van der Waals surface area contributed by atoms with Gasteiger partial charge in [0, 0.05) is 30.1 Å². The second kappa shape index (κ2) is 9.38. The number of methoxy groups -OCH3 is 1. The summed E-state index contributed by atoms with van der Waals surface area (Å²) in [6.07, 6.45) is 4.94. The van der Waals surface area contributed by atoms with E-state index in [1.807, 2.05) is 29.2 Å². The maximum Gasteiger partial charge on any atom is 0.340 e. The number of hydrogen-bond acceptors (Lipinski definition) is 10. The van der Waals surface area contributed by atoms with Crippen molar-refractivity contribution in [2.24, 2.45) is 21.5 Å². The molecule has 178 valence electrons. The minimum absolute atomic E-state index is 0.0975. The summed E-state index contributed by atoms with van der Waals surface area (Å²) >= 11 is 0. The number of ether oxygens (including phenoxy) is 1. The Morgan fingerprint density at radius 2 is 1.88 bits per heavy atom. The number of guanidine groups is 2. The van der Waals surface area contributed by atoms with Gasteiger partial charge in [0.15, 0.2) is 0 Å². The van der Waals surface area contributed by atoms with Crippen molar-refractivity contribution in [3.63, 3.8) is 0 Å². The van der Waals surface area contributed by atoms with Crippen molar-refractivity contribution in [3.8, 4) is 0 Å². The van der Waals surface area contributed by atoms with Gasteiger partial charge in [-0.25, -0.2) is 9.79 Å². The highest BCUT2D eigenvalue weighted by atomic mass is 16.6. The molecule has 0 saturated heterocycles. The number of nitro groups is 1. The Bertz CT molecular complexity index is 1150. The first-order valence-corrected chi connectivity index (χ1v) is 11.0. The van der Waals surface area contributed by atoms with Gasteiger partial charge in [-0.15, -0.1) is 0 Å². The molecule has 11 heteroatoms. The van der Waals surface area contributed by atoms with Gasteiger partial charge in [-0.1, -0.05) is 18.6 Å². The molecule has 5 N–H and O–H groups in total. The Labute approximate surface area is 196 Å². The summed E-state index contributed by atoms with van der Waals surface area (Å²) in [5.74, 6) is -0.117. The second-order valence-electron chi connectivity index (χ2n) is 8.32. The molecule has 1 saturated carbocycles. The van der Waals surface area contributed by atoms with E-state index in [0.717, 1.165) is 43.4 Å². The van der Waals surface area contributed by atoms with E-state index < -0.39 is 16.6 Å². The number of anilines is 2. The van der Waals surface area contributed by atoms with E-state index in [-0.39, 0.29) is 17.2 Å². The highest BCUT2D eigenvalue weighted by Gasteiger charge is 2.42. The van der Waals surface area contributed by atoms with E-state index in [0.29, 0.717) is 18.2 Å². The number of benzene rings is 2. The lowest BCUT2D eigenvalue weighted by molar-refractivity contribution is -0.384. The number of rotatable bonds is 6. The van der Waals surface area contributed by atoms with Gasteiger partial charge in [-0.05, 0) is 49.4 Å². The van der Waals surface area contributed by atoms with E-state index in [1.54, 1.807) is 0 Å². The van der Waals surface area contributed by atoms with Gasteiger partial charge in [0.1, 0.15) is 5.66 Å². The first-order chi connectivity index (χ1) is 16.3. The van der Waals surface area contributed by atoms with Gasteiger partial charge in [-0.2, -0.15) is 4.99 Å². The highest BCUT2D eigenvalue weighted by Crippen LogP contribution is 2.39. The lowest BCUT2D eigenvalue weighted by Gasteiger charge is -2.45. The van der Waals surface area contributed by atoms with Crippen molar-refractivity contribution in [1.82, 2.24) is 0 Å². The van der Waals surface area contributed by atoms with E-state index >= 15 is 0 Å². The van der Waals surface area contributed by atoms with E-state index in [9.17, 15) is 14.9 Å². The normalized spacial score (nSPS) is 17.0. The molecule has 0 bridgehead atoms. The number of nitrogens with one attached hydrogen (secondary N) is 1. The van der Waals surface area contributed by atoms with Crippen LogP contribution in [0.15, 0.2) is 52.4 Å². The Morgan fingerprint density at radius 1 is 1.18 bits per heavy atom. The number of nitrogens with two attached hydrogens (primary N) is 2. The van der Waals surface area contributed by atoms with Crippen molar-refractivity contribution < 1.29 is 14.5 Å². The number of non-ortho nitro benzene ring substituents is 1. The fourth-order valence-corrected chi connectivity index (χ4v) is 4.53. The van der Waals surface area contributed by atoms with Gasteiger partial charge in [0.25, 0.3) is 5.69 Å². The zero-order valence-electron chi connectivity index (χ0n) is 18.9. The monoisotopic (exact) mass is 465 g/mol. The molecular formula is C23H27N7O4. The van der Waals surface area contributed by atoms with Gasteiger partial charge in [0.05, 0.1) is 17.6 Å². The number of carbonyl (C=O) groups excluding carboxylic acids is 1. The van der Waals surface area contributed by atoms with Crippen LogP contribution in [0.5, 0.6) is 0 Å². The summed E-state index contributed by atoms with van der Waals surface area (Å²) in [5, 5.41) is 14.2. The average Bonchev–Trinajstić information content (AvgIpc) is 2.82. The molecule has 0 radical (unpaired) electrons. The van der Waals surface area contributed by atoms with Crippen LogP contribution in [-0.4, -0.2) is 35.6 Å². The Morgan fingerprint density at radius 3 is 2.53 bits per heavy atom. The Hall–Kier alpha value is -4.15. The maximum atomic E-state index is 12.1. The van der Waals surface area contributed by atoms with Crippen LogP contribution in [-0.2, 0) is 11.3 Å². The van der Waals surface area contributed by atoms with Crippen molar-refractivity contribution in [1.29, 1.82) is 0 Å². The summed E-state index contributed by atoms with van der Waals surface area (Å²) in [5.41, 5.74) is 13.9. The summed E-state index contributed by atoms with van der Waals surface area (Å²) in [6, 6.07) is 11.8. The molecule has 1 fully saturated rings. The smallest absolute Gasteiger partial charge is 0.340 e. The van der Waals surface area contributed by atoms with Crippen molar-refractivity contribution in [3.05, 3.63) is 63.7 Å². The highest BCUT2D eigenvalue weighted by molar-refractivity contribution is 6.05. The molecule has 2 aromatic rings. The van der Waals surface area contributed by atoms with Crippen LogP contribution < -0.4 is 21.7 Å². The molecule has 1 spiro atoms. The van der Waals surface area contributed by atoms with Crippen LogP contribution in [0.4, 0.5) is 17.1 Å². The van der Waals surface area contributed by atoms with Crippen LogP contribution in [0.2, 0.25) is 0 Å². The van der Waals surface area contributed by atoms with Crippen molar-refractivity contribution in [2.75, 3.05) is 17.3 Å². The molecule has 1 heterocycles. The molecule has 0 unspecified atom stereocenters. The minimum atomic E-state index is -0.654. The fourth-order valence-electron chi connectivity index (χ4n) is 4.53. The predicted octanol–water partition coefficient (Wildman–Crippen LogP) is 3.10. The zero-order chi connectivity index (χ0) is 24.3. The van der Waals surface area contributed by atoms with E-state index in [4.69, 9.17) is 16.2 Å². The topological polar surface area (TPSA) is 161 Å². The third kappa shape index (κ3) is 4.49. The molecule has 2 aromatic carbocycles. The maximum absolute atomic E-state index is 12.1. The SMILES string of the molecule is COC(=O)c1cc([N+](=O)[O-])ccc1NCc1ccc(N2C(N)=NC(N)=NC23CCCCC3)cc1. The summed E-state index contributed by atoms with van der Waals surface area (Å²) < 4.78 is 4.77. The second-order valence-corrected chi connectivity index (χ2v) is 8.32. The third-order valence-electron chi connectivity index (χ3n) is 6.15. The first-order valence-electron chi connectivity index (χ1n) is 11.0. The van der Waals surface area contributed by atoms with Crippen LogP contribution in [0.25, 0.3) is 0 Å². The predicted molar refractivity (Wildman–Crippen MR) is 130 cm³/mol. The molecule has 0 atom stereocenters. The minimum Gasteiger partial charge on any atom is -0.465 e. The summed E-state index contributed by atoms with van der Waals surface area (Å²) in [6.45, 7) is 0.391. The van der Waals surface area contributed by atoms with E-state index in [2.05, 4.69) is 15.3 Å². The van der Waals surface area contributed by atoms with Crippen LogP contribution >= 0.6 is 0 Å². The lowest BCUT2D eigenvalue weighted by atomic mass is 9.87. The largest absolute Gasteiger partial charge is 0.465 e. The molecular weight excluding hydrogens is 438 g/mol. The zero-order valence-corrected chi connectivity index (χ0v) is 18.9. The van der Waals surface area contributed by atoms with Gasteiger partial charge < -0.3 is 21.5 Å².